The van der Waals surface area contributed by atoms with Gasteiger partial charge in [0, 0.05) is 0 Å². The van der Waals surface area contributed by atoms with Crippen LogP contribution in [0, 0.1) is 5.82 Å². The summed E-state index contributed by atoms with van der Waals surface area (Å²) in [4.78, 5) is 0. The fourth-order valence-corrected chi connectivity index (χ4v) is 1.28. The molecule has 0 amide bonds. The first-order valence-electron chi connectivity index (χ1n) is 3.29. The van der Waals surface area contributed by atoms with Gasteiger partial charge in [0.2, 0.25) is 0 Å². The van der Waals surface area contributed by atoms with Crippen LogP contribution in [0.15, 0.2) is 24.3 Å². The molecular formula is C7H6FNaO4S. The number of aliphatic hydroxyl groups is 1. The molecule has 0 radical (unpaired) electrons. The van der Waals surface area contributed by atoms with Crippen LogP contribution in [-0.4, -0.2) is 18.1 Å². The van der Waals surface area contributed by atoms with Gasteiger partial charge in [-0.15, -0.1) is 0 Å². The first kappa shape index (κ1) is 14.0. The summed E-state index contributed by atoms with van der Waals surface area (Å²) in [5.41, 5.74) is -2.27. The Morgan fingerprint density at radius 3 is 2.07 bits per heavy atom. The molecule has 0 bridgehead atoms. The zero-order chi connectivity index (χ0) is 10.1. The Labute approximate surface area is 103 Å². The topological polar surface area (TPSA) is 77.4 Å². The predicted octanol–water partition coefficient (Wildman–Crippen LogP) is -2.63. The summed E-state index contributed by atoms with van der Waals surface area (Å²) in [6.07, 6.45) is 0. The molecule has 0 aliphatic carbocycles. The van der Waals surface area contributed by atoms with Crippen molar-refractivity contribution < 1.29 is 52.0 Å². The first-order chi connectivity index (χ1) is 5.91. The zero-order valence-corrected chi connectivity index (χ0v) is 10.2. The van der Waals surface area contributed by atoms with Crippen LogP contribution in [0.5, 0.6) is 0 Å². The van der Waals surface area contributed by atoms with E-state index in [0.29, 0.717) is 0 Å². The number of halogens is 1. The average molecular weight is 228 g/mol. The number of rotatable bonds is 2. The average Bonchev–Trinajstić information content (AvgIpc) is 2.03. The van der Waals surface area contributed by atoms with Gasteiger partial charge in [0.05, 0.1) is 0 Å². The molecule has 1 atom stereocenters. The molecule has 1 aromatic rings. The van der Waals surface area contributed by atoms with Gasteiger partial charge in [-0.25, -0.2) is 12.8 Å². The van der Waals surface area contributed by atoms with E-state index in [1.54, 1.807) is 0 Å². The van der Waals surface area contributed by atoms with Gasteiger partial charge in [-0.3, -0.25) is 0 Å². The Morgan fingerprint density at radius 1 is 1.29 bits per heavy atom. The predicted molar refractivity (Wildman–Crippen MR) is 41.1 cm³/mol. The number of benzene rings is 1. The van der Waals surface area contributed by atoms with Gasteiger partial charge in [-0.2, -0.15) is 0 Å². The van der Waals surface area contributed by atoms with Gasteiger partial charge in [-0.05, 0) is 17.7 Å². The van der Waals surface area contributed by atoms with Crippen molar-refractivity contribution >= 4 is 10.1 Å². The largest absolute Gasteiger partial charge is 1.00 e. The Bertz CT molecular complexity index is 389. The summed E-state index contributed by atoms with van der Waals surface area (Å²) in [5.74, 6) is -0.570. The molecule has 72 valence electrons. The van der Waals surface area contributed by atoms with Crippen molar-refractivity contribution in [3.8, 4) is 0 Å². The Balaban J connectivity index is 0.00000169. The smallest absolute Gasteiger partial charge is 0.746 e. The van der Waals surface area contributed by atoms with E-state index in [-0.39, 0.29) is 35.1 Å². The minimum Gasteiger partial charge on any atom is -0.746 e. The first-order valence-corrected chi connectivity index (χ1v) is 4.76. The van der Waals surface area contributed by atoms with Crippen molar-refractivity contribution in [1.29, 1.82) is 0 Å². The van der Waals surface area contributed by atoms with Crippen LogP contribution in [0.3, 0.4) is 0 Å². The zero-order valence-electron chi connectivity index (χ0n) is 7.34. The molecule has 0 saturated carbocycles. The van der Waals surface area contributed by atoms with Gasteiger partial charge >= 0.3 is 29.6 Å². The summed E-state index contributed by atoms with van der Waals surface area (Å²) >= 11 is 0. The van der Waals surface area contributed by atoms with Crippen LogP contribution in [0.1, 0.15) is 11.0 Å². The molecule has 14 heavy (non-hydrogen) atoms. The summed E-state index contributed by atoms with van der Waals surface area (Å²) in [7, 11) is -4.79. The molecule has 7 heteroatoms. The van der Waals surface area contributed by atoms with Gasteiger partial charge in [0.15, 0.2) is 5.44 Å². The molecule has 1 rings (SSSR count). The van der Waals surface area contributed by atoms with Gasteiger partial charge in [0.1, 0.15) is 15.9 Å². The van der Waals surface area contributed by atoms with E-state index in [4.69, 9.17) is 5.11 Å². The van der Waals surface area contributed by atoms with Crippen LogP contribution in [0.4, 0.5) is 4.39 Å². The summed E-state index contributed by atoms with van der Waals surface area (Å²) in [6, 6.07) is 4.00. The van der Waals surface area contributed by atoms with Crippen LogP contribution in [0.25, 0.3) is 0 Å². The molecule has 0 aliphatic rings. The van der Waals surface area contributed by atoms with Crippen LogP contribution >= 0.6 is 0 Å². The second-order valence-electron chi connectivity index (χ2n) is 2.40. The summed E-state index contributed by atoms with van der Waals surface area (Å²) in [5, 5.41) is 8.93. The van der Waals surface area contributed by atoms with E-state index >= 15 is 0 Å². The van der Waals surface area contributed by atoms with Crippen molar-refractivity contribution in [3.63, 3.8) is 0 Å². The van der Waals surface area contributed by atoms with Crippen molar-refractivity contribution in [2.75, 3.05) is 0 Å². The quantitative estimate of drug-likeness (QED) is 0.443. The van der Waals surface area contributed by atoms with Gasteiger partial charge < -0.3 is 9.66 Å². The third-order valence-electron chi connectivity index (χ3n) is 1.43. The second-order valence-corrected chi connectivity index (χ2v) is 3.83. The van der Waals surface area contributed by atoms with Crippen molar-refractivity contribution in [2.45, 2.75) is 5.44 Å². The number of hydrogen-bond acceptors (Lipinski definition) is 4. The minimum atomic E-state index is -4.79. The molecule has 0 saturated heterocycles. The van der Waals surface area contributed by atoms with E-state index in [2.05, 4.69) is 0 Å². The third-order valence-corrected chi connectivity index (χ3v) is 2.25. The Kier molecular flexibility index (Phi) is 5.21. The SMILES string of the molecule is O=S(=O)([O-])C(O)c1ccc(F)cc1.[Na+]. The molecule has 0 aromatic heterocycles. The molecule has 1 aromatic carbocycles. The van der Waals surface area contributed by atoms with E-state index in [0.717, 1.165) is 24.3 Å². The van der Waals surface area contributed by atoms with Gasteiger partial charge in [-0.1, -0.05) is 12.1 Å². The summed E-state index contributed by atoms with van der Waals surface area (Å²) in [6.45, 7) is 0. The maximum Gasteiger partial charge on any atom is 1.00 e. The normalized spacial score (nSPS) is 13.1. The maximum atomic E-state index is 12.3. The molecule has 0 spiro atoms. The van der Waals surface area contributed by atoms with E-state index < -0.39 is 21.4 Å². The van der Waals surface area contributed by atoms with Gasteiger partial charge in [0.25, 0.3) is 0 Å². The molecule has 0 heterocycles. The minimum absolute atomic E-state index is 0. The monoisotopic (exact) mass is 228 g/mol. The van der Waals surface area contributed by atoms with Crippen LogP contribution in [0.2, 0.25) is 0 Å². The Hall–Kier alpha value is 0.0200. The molecule has 1 N–H and O–H groups in total. The Morgan fingerprint density at radius 2 is 1.71 bits per heavy atom. The molecular weight excluding hydrogens is 222 g/mol. The van der Waals surface area contributed by atoms with Crippen molar-refractivity contribution in [3.05, 3.63) is 35.6 Å². The number of hydrogen-bond donors (Lipinski definition) is 1. The van der Waals surface area contributed by atoms with Crippen LogP contribution < -0.4 is 29.6 Å². The molecule has 0 aliphatic heterocycles. The molecule has 0 fully saturated rings. The molecule has 4 nitrogen and oxygen atoms in total. The fraction of sp³-hybridized carbons (Fsp3) is 0.143. The second kappa shape index (κ2) is 5.20. The van der Waals surface area contributed by atoms with Crippen molar-refractivity contribution in [1.82, 2.24) is 0 Å². The standard InChI is InChI=1S/C7H7FO4S.Na/c8-6-3-1-5(2-4-6)7(9)13(10,11)12;/h1-4,7,9H,(H,10,11,12);/q;+1/p-1. The molecule has 1 unspecified atom stereocenters. The van der Waals surface area contributed by atoms with E-state index in [1.165, 1.54) is 0 Å². The number of aliphatic hydroxyl groups excluding tert-OH is 1. The van der Waals surface area contributed by atoms with E-state index in [9.17, 15) is 17.4 Å². The fourth-order valence-electron chi connectivity index (χ4n) is 0.794. The van der Waals surface area contributed by atoms with Crippen molar-refractivity contribution in [2.24, 2.45) is 0 Å². The van der Waals surface area contributed by atoms with Crippen LogP contribution in [-0.2, 0) is 10.1 Å². The maximum absolute atomic E-state index is 12.3. The third kappa shape index (κ3) is 3.64. The summed E-state index contributed by atoms with van der Waals surface area (Å²) < 4.78 is 43.3. The van der Waals surface area contributed by atoms with E-state index in [1.807, 2.05) is 0 Å².